The zero-order valence-electron chi connectivity index (χ0n) is 10.4. The van der Waals surface area contributed by atoms with Crippen molar-refractivity contribution < 1.29 is 19.1 Å². The monoisotopic (exact) mass is 267 g/mol. The number of aromatic nitrogens is 1. The maximum atomic E-state index is 14.1. The highest BCUT2D eigenvalue weighted by Crippen LogP contribution is 2.23. The number of pyridine rings is 1. The molecule has 1 fully saturated rings. The molecule has 1 aliphatic rings. The maximum absolute atomic E-state index is 14.1. The Bertz CT molecular complexity index is 521. The molecule has 7 heteroatoms. The van der Waals surface area contributed by atoms with E-state index in [1.54, 1.807) is 0 Å². The number of carboxylic acid groups (broad SMARTS) is 1. The zero-order chi connectivity index (χ0) is 14.0. The Morgan fingerprint density at radius 2 is 2.42 bits per heavy atom. The minimum atomic E-state index is -1.35. The first-order valence-corrected chi connectivity index (χ1v) is 5.98. The van der Waals surface area contributed by atoms with Crippen molar-refractivity contribution in [2.24, 2.45) is 0 Å². The van der Waals surface area contributed by atoms with Gasteiger partial charge in [-0.2, -0.15) is 0 Å². The van der Waals surface area contributed by atoms with Crippen LogP contribution in [0.25, 0.3) is 0 Å². The molecule has 0 radical (unpaired) electrons. The van der Waals surface area contributed by atoms with Gasteiger partial charge in [0.05, 0.1) is 0 Å². The van der Waals surface area contributed by atoms with Crippen LogP contribution in [0.3, 0.4) is 0 Å². The zero-order valence-corrected chi connectivity index (χ0v) is 10.4. The van der Waals surface area contributed by atoms with Crippen LogP contribution in [0.4, 0.5) is 10.2 Å². The minimum Gasteiger partial charge on any atom is -0.478 e. The van der Waals surface area contributed by atoms with Crippen molar-refractivity contribution in [2.75, 3.05) is 18.0 Å². The molecule has 1 atom stereocenters. The molecule has 1 amide bonds. The van der Waals surface area contributed by atoms with Crippen LogP contribution in [0.15, 0.2) is 12.3 Å². The number of hydrogen-bond donors (Lipinski definition) is 2. The molecular formula is C12H14FN3O3. The predicted molar refractivity (Wildman–Crippen MR) is 65.6 cm³/mol. The number of carbonyl (C=O) groups is 2. The second-order valence-corrected chi connectivity index (χ2v) is 4.21. The third-order valence-corrected chi connectivity index (χ3v) is 3.09. The molecule has 1 saturated heterocycles. The van der Waals surface area contributed by atoms with Crippen molar-refractivity contribution in [3.05, 3.63) is 23.6 Å². The number of carboxylic acids is 1. The summed E-state index contributed by atoms with van der Waals surface area (Å²) in [6, 6.07) is 0.575. The van der Waals surface area contributed by atoms with Gasteiger partial charge in [-0.15, -0.1) is 0 Å². The van der Waals surface area contributed by atoms with Crippen LogP contribution in [0, 0.1) is 5.82 Å². The summed E-state index contributed by atoms with van der Waals surface area (Å²) < 4.78 is 14.1. The van der Waals surface area contributed by atoms with Gasteiger partial charge < -0.3 is 15.3 Å². The highest BCUT2D eigenvalue weighted by Gasteiger charge is 2.31. The Labute approximate surface area is 109 Å². The number of amides is 1. The number of carbonyl (C=O) groups excluding carboxylic acids is 1. The molecule has 0 bridgehead atoms. The first kappa shape index (κ1) is 13.3. The Morgan fingerprint density at radius 1 is 1.68 bits per heavy atom. The molecule has 1 aromatic rings. The lowest BCUT2D eigenvalue weighted by molar-refractivity contribution is -0.123. The summed E-state index contributed by atoms with van der Waals surface area (Å²) >= 11 is 0. The summed E-state index contributed by atoms with van der Waals surface area (Å²) in [5, 5.41) is 11.6. The topological polar surface area (TPSA) is 82.5 Å². The van der Waals surface area contributed by atoms with Gasteiger partial charge in [-0.3, -0.25) is 4.79 Å². The minimum absolute atomic E-state index is 0.0819. The Hall–Kier alpha value is -2.18. The molecule has 0 spiro atoms. The Kier molecular flexibility index (Phi) is 3.64. The molecule has 0 saturated carbocycles. The number of anilines is 1. The highest BCUT2D eigenvalue weighted by molar-refractivity contribution is 5.90. The van der Waals surface area contributed by atoms with Crippen LogP contribution in [0.5, 0.6) is 0 Å². The van der Waals surface area contributed by atoms with Crippen molar-refractivity contribution in [2.45, 2.75) is 19.4 Å². The second kappa shape index (κ2) is 5.21. The number of halogens is 1. The fourth-order valence-electron chi connectivity index (χ4n) is 2.17. The molecule has 1 aromatic heterocycles. The fraction of sp³-hybridized carbons (Fsp3) is 0.417. The van der Waals surface area contributed by atoms with Crippen molar-refractivity contribution in [1.29, 1.82) is 0 Å². The number of aromatic carboxylic acids is 1. The van der Waals surface area contributed by atoms with E-state index in [-0.39, 0.29) is 11.7 Å². The lowest BCUT2D eigenvalue weighted by Crippen LogP contribution is -2.55. The molecule has 6 nitrogen and oxygen atoms in total. The van der Waals surface area contributed by atoms with E-state index in [0.29, 0.717) is 19.5 Å². The number of nitrogens with zero attached hydrogens (tertiary/aromatic N) is 2. The SMILES string of the molecule is CCC1C(=O)NCCN1c1nccc(C(=O)O)c1F. The van der Waals surface area contributed by atoms with Gasteiger partial charge in [-0.1, -0.05) is 6.92 Å². The lowest BCUT2D eigenvalue weighted by Gasteiger charge is -2.35. The van der Waals surface area contributed by atoms with Crippen LogP contribution in [0.2, 0.25) is 0 Å². The highest BCUT2D eigenvalue weighted by atomic mass is 19.1. The van der Waals surface area contributed by atoms with Crippen molar-refractivity contribution >= 4 is 17.7 Å². The normalized spacial score (nSPS) is 19.2. The average Bonchev–Trinajstić information content (AvgIpc) is 2.38. The van der Waals surface area contributed by atoms with Gasteiger partial charge in [0.15, 0.2) is 11.6 Å². The van der Waals surface area contributed by atoms with Gasteiger partial charge in [-0.05, 0) is 12.5 Å². The molecule has 1 aliphatic heterocycles. The maximum Gasteiger partial charge on any atom is 0.338 e. The largest absolute Gasteiger partial charge is 0.478 e. The summed E-state index contributed by atoms with van der Waals surface area (Å²) in [6.07, 6.45) is 1.73. The summed E-state index contributed by atoms with van der Waals surface area (Å²) in [7, 11) is 0. The number of rotatable bonds is 3. The smallest absolute Gasteiger partial charge is 0.338 e. The van der Waals surface area contributed by atoms with Crippen molar-refractivity contribution in [3.8, 4) is 0 Å². The molecule has 2 heterocycles. The summed E-state index contributed by atoms with van der Waals surface area (Å²) in [4.78, 5) is 28.0. The van der Waals surface area contributed by atoms with Crippen LogP contribution in [0.1, 0.15) is 23.7 Å². The van der Waals surface area contributed by atoms with E-state index in [4.69, 9.17) is 5.11 Å². The van der Waals surface area contributed by atoms with E-state index in [1.165, 1.54) is 11.1 Å². The third kappa shape index (κ3) is 2.35. The Morgan fingerprint density at radius 3 is 3.05 bits per heavy atom. The van der Waals surface area contributed by atoms with E-state index in [2.05, 4.69) is 10.3 Å². The standard InChI is InChI=1S/C12H14FN3O3/c1-2-8-11(17)15-5-6-16(8)10-9(13)7(12(18)19)3-4-14-10/h3-4,8H,2,5-6H2,1H3,(H,15,17)(H,18,19). The van der Waals surface area contributed by atoms with Gasteiger partial charge in [-0.25, -0.2) is 14.2 Å². The van der Waals surface area contributed by atoms with Gasteiger partial charge in [0.25, 0.3) is 0 Å². The van der Waals surface area contributed by atoms with Crippen LogP contribution in [-0.4, -0.2) is 41.1 Å². The van der Waals surface area contributed by atoms with Gasteiger partial charge in [0.2, 0.25) is 5.91 Å². The second-order valence-electron chi connectivity index (χ2n) is 4.21. The summed E-state index contributed by atoms with van der Waals surface area (Å²) in [6.45, 7) is 2.59. The number of nitrogens with one attached hydrogen (secondary N) is 1. The molecule has 0 aliphatic carbocycles. The quantitative estimate of drug-likeness (QED) is 0.839. The summed E-state index contributed by atoms with van der Waals surface area (Å²) in [5.41, 5.74) is -0.439. The lowest BCUT2D eigenvalue weighted by atomic mass is 10.1. The first-order chi connectivity index (χ1) is 9.06. The van der Waals surface area contributed by atoms with Gasteiger partial charge >= 0.3 is 5.97 Å². The van der Waals surface area contributed by atoms with Crippen LogP contribution in [-0.2, 0) is 4.79 Å². The number of piperazine rings is 1. The first-order valence-electron chi connectivity index (χ1n) is 5.98. The average molecular weight is 267 g/mol. The van der Waals surface area contributed by atoms with E-state index in [1.807, 2.05) is 6.92 Å². The van der Waals surface area contributed by atoms with E-state index in [0.717, 1.165) is 6.07 Å². The molecular weight excluding hydrogens is 253 g/mol. The van der Waals surface area contributed by atoms with Crippen LogP contribution < -0.4 is 10.2 Å². The fourth-order valence-corrected chi connectivity index (χ4v) is 2.17. The molecule has 102 valence electrons. The predicted octanol–water partition coefficient (Wildman–Crippen LogP) is 0.634. The third-order valence-electron chi connectivity index (χ3n) is 3.09. The molecule has 2 rings (SSSR count). The number of hydrogen-bond acceptors (Lipinski definition) is 4. The molecule has 0 aromatic carbocycles. The molecule has 1 unspecified atom stereocenters. The summed E-state index contributed by atoms with van der Waals surface area (Å²) in [5.74, 6) is -2.53. The Balaban J connectivity index is 2.43. The van der Waals surface area contributed by atoms with E-state index < -0.39 is 23.4 Å². The van der Waals surface area contributed by atoms with Crippen molar-refractivity contribution in [3.63, 3.8) is 0 Å². The van der Waals surface area contributed by atoms with Crippen LogP contribution >= 0.6 is 0 Å². The van der Waals surface area contributed by atoms with Gasteiger partial charge in [0.1, 0.15) is 11.6 Å². The van der Waals surface area contributed by atoms with E-state index >= 15 is 0 Å². The van der Waals surface area contributed by atoms with Gasteiger partial charge in [0, 0.05) is 19.3 Å². The molecule has 2 N–H and O–H groups in total. The van der Waals surface area contributed by atoms with Crippen molar-refractivity contribution in [1.82, 2.24) is 10.3 Å². The van der Waals surface area contributed by atoms with E-state index in [9.17, 15) is 14.0 Å². The molecule has 19 heavy (non-hydrogen) atoms.